The fourth-order valence-corrected chi connectivity index (χ4v) is 2.85. The molecule has 0 fully saturated rings. The van der Waals surface area contributed by atoms with Gasteiger partial charge in [0.25, 0.3) is 5.91 Å². The number of hydrogen-bond acceptors (Lipinski definition) is 5. The predicted molar refractivity (Wildman–Crippen MR) is 102 cm³/mol. The van der Waals surface area contributed by atoms with Crippen molar-refractivity contribution in [2.75, 3.05) is 13.2 Å². The Morgan fingerprint density at radius 2 is 1.96 bits per heavy atom. The second-order valence-electron chi connectivity index (χ2n) is 5.71. The number of nitrogens with zero attached hydrogens (tertiary/aromatic N) is 1. The largest absolute Gasteiger partial charge is 0.492 e. The van der Waals surface area contributed by atoms with Crippen molar-refractivity contribution in [2.24, 2.45) is 0 Å². The topological polar surface area (TPSA) is 60.5 Å². The van der Waals surface area contributed by atoms with Gasteiger partial charge in [0.15, 0.2) is 0 Å². The zero-order valence-corrected chi connectivity index (χ0v) is 15.3. The van der Waals surface area contributed by atoms with Crippen molar-refractivity contribution in [1.82, 2.24) is 10.3 Å². The first-order valence-corrected chi connectivity index (χ1v) is 9.22. The second-order valence-corrected chi connectivity index (χ2v) is 6.43. The smallest absolute Gasteiger partial charge is 0.251 e. The van der Waals surface area contributed by atoms with Crippen LogP contribution >= 0.6 is 11.3 Å². The zero-order valence-electron chi connectivity index (χ0n) is 14.5. The van der Waals surface area contributed by atoms with E-state index in [2.05, 4.69) is 10.3 Å². The molecule has 1 amide bonds. The Hall–Kier alpha value is -2.86. The number of aromatic nitrogens is 1. The van der Waals surface area contributed by atoms with Crippen LogP contribution in [0.3, 0.4) is 0 Å². The lowest BCUT2D eigenvalue weighted by Crippen LogP contribution is -2.28. The Labute approximate surface area is 156 Å². The first-order chi connectivity index (χ1) is 12.7. The van der Waals surface area contributed by atoms with E-state index in [-0.39, 0.29) is 5.91 Å². The molecule has 0 aliphatic carbocycles. The molecule has 0 spiro atoms. The zero-order chi connectivity index (χ0) is 18.2. The summed E-state index contributed by atoms with van der Waals surface area (Å²) in [7, 11) is 0. The molecule has 0 saturated heterocycles. The summed E-state index contributed by atoms with van der Waals surface area (Å²) in [6.45, 7) is 3.29. The van der Waals surface area contributed by atoms with E-state index < -0.39 is 0 Å². The number of amides is 1. The molecule has 0 saturated carbocycles. The molecule has 134 valence electrons. The molecule has 3 rings (SSSR count). The monoisotopic (exact) mass is 368 g/mol. The van der Waals surface area contributed by atoms with Gasteiger partial charge in [0.05, 0.1) is 17.7 Å². The molecular weight excluding hydrogens is 348 g/mol. The van der Waals surface area contributed by atoms with Gasteiger partial charge in [-0.05, 0) is 48.9 Å². The Bertz CT molecular complexity index is 833. The maximum atomic E-state index is 12.1. The van der Waals surface area contributed by atoms with E-state index in [4.69, 9.17) is 9.47 Å². The van der Waals surface area contributed by atoms with Crippen molar-refractivity contribution in [2.45, 2.75) is 13.5 Å². The quantitative estimate of drug-likeness (QED) is 0.614. The summed E-state index contributed by atoms with van der Waals surface area (Å²) < 4.78 is 11.3. The van der Waals surface area contributed by atoms with Crippen LogP contribution in [0, 0.1) is 6.92 Å². The summed E-state index contributed by atoms with van der Waals surface area (Å²) in [5.74, 6) is 1.38. The van der Waals surface area contributed by atoms with Crippen LogP contribution in [0.4, 0.5) is 0 Å². The number of carbonyl (C=O) groups excluding carboxylic acids is 1. The molecule has 5 nitrogen and oxygen atoms in total. The minimum Gasteiger partial charge on any atom is -0.492 e. The van der Waals surface area contributed by atoms with Gasteiger partial charge >= 0.3 is 0 Å². The van der Waals surface area contributed by atoms with Gasteiger partial charge in [-0.25, -0.2) is 4.98 Å². The molecule has 1 N–H and O–H groups in total. The van der Waals surface area contributed by atoms with Gasteiger partial charge in [0.1, 0.15) is 24.7 Å². The average Bonchev–Trinajstić information content (AvgIpc) is 3.17. The Morgan fingerprint density at radius 3 is 2.69 bits per heavy atom. The third kappa shape index (κ3) is 5.32. The van der Waals surface area contributed by atoms with Crippen molar-refractivity contribution in [3.63, 3.8) is 0 Å². The number of carbonyl (C=O) groups is 1. The molecule has 0 bridgehead atoms. The van der Waals surface area contributed by atoms with Crippen LogP contribution in [0.25, 0.3) is 0 Å². The normalized spacial score (nSPS) is 10.3. The minimum atomic E-state index is -0.135. The van der Waals surface area contributed by atoms with Gasteiger partial charge in [0, 0.05) is 10.9 Å². The standard InChI is InChI=1S/C20H20N2O3S/c1-15-3-2-4-19(11-15)24-10-9-21-20(23)16-5-7-18(8-6-16)25-12-17-13-26-14-22-17/h2-8,11,13-14H,9-10,12H2,1H3,(H,21,23). The van der Waals surface area contributed by atoms with Crippen LogP contribution in [0.1, 0.15) is 21.6 Å². The number of aryl methyl sites for hydroxylation is 1. The third-order valence-corrected chi connectivity index (χ3v) is 4.27. The van der Waals surface area contributed by atoms with Gasteiger partial charge < -0.3 is 14.8 Å². The van der Waals surface area contributed by atoms with E-state index in [0.29, 0.717) is 31.1 Å². The van der Waals surface area contributed by atoms with Gasteiger partial charge in [-0.1, -0.05) is 12.1 Å². The SMILES string of the molecule is Cc1cccc(OCCNC(=O)c2ccc(OCc3cscn3)cc2)c1. The van der Waals surface area contributed by atoms with E-state index >= 15 is 0 Å². The van der Waals surface area contributed by atoms with E-state index in [0.717, 1.165) is 17.0 Å². The Morgan fingerprint density at radius 1 is 1.12 bits per heavy atom. The molecule has 0 atom stereocenters. The predicted octanol–water partition coefficient (Wildman–Crippen LogP) is 3.84. The van der Waals surface area contributed by atoms with Gasteiger partial charge in [-0.2, -0.15) is 0 Å². The highest BCUT2D eigenvalue weighted by Crippen LogP contribution is 2.15. The summed E-state index contributed by atoms with van der Waals surface area (Å²) in [6.07, 6.45) is 0. The Balaban J connectivity index is 1.41. The van der Waals surface area contributed by atoms with Crippen molar-refractivity contribution in [3.8, 4) is 11.5 Å². The number of ether oxygens (including phenoxy) is 2. The molecule has 1 heterocycles. The highest BCUT2D eigenvalue weighted by Gasteiger charge is 2.06. The fraction of sp³-hybridized carbons (Fsp3) is 0.200. The lowest BCUT2D eigenvalue weighted by Gasteiger charge is -2.09. The van der Waals surface area contributed by atoms with E-state index in [1.807, 2.05) is 36.6 Å². The van der Waals surface area contributed by atoms with Gasteiger partial charge in [-0.3, -0.25) is 4.79 Å². The summed E-state index contributed by atoms with van der Waals surface area (Å²) in [6, 6.07) is 14.9. The van der Waals surface area contributed by atoms with Crippen LogP contribution in [-0.4, -0.2) is 24.0 Å². The van der Waals surface area contributed by atoms with Crippen molar-refractivity contribution >= 4 is 17.2 Å². The molecule has 3 aromatic rings. The van der Waals surface area contributed by atoms with Crippen molar-refractivity contribution in [3.05, 3.63) is 76.2 Å². The molecule has 0 aliphatic rings. The highest BCUT2D eigenvalue weighted by atomic mass is 32.1. The molecule has 2 aromatic carbocycles. The third-order valence-electron chi connectivity index (χ3n) is 3.63. The molecule has 6 heteroatoms. The second kappa shape index (κ2) is 9.01. The van der Waals surface area contributed by atoms with E-state index in [9.17, 15) is 4.79 Å². The first-order valence-electron chi connectivity index (χ1n) is 8.28. The first kappa shape index (κ1) is 17.9. The lowest BCUT2D eigenvalue weighted by atomic mass is 10.2. The number of hydrogen-bond donors (Lipinski definition) is 1. The summed E-state index contributed by atoms with van der Waals surface area (Å²) in [4.78, 5) is 16.3. The number of rotatable bonds is 8. The van der Waals surface area contributed by atoms with Crippen LogP contribution < -0.4 is 14.8 Å². The number of benzene rings is 2. The lowest BCUT2D eigenvalue weighted by molar-refractivity contribution is 0.0947. The summed E-state index contributed by atoms with van der Waals surface area (Å²) >= 11 is 1.54. The Kier molecular flexibility index (Phi) is 6.22. The van der Waals surface area contributed by atoms with Crippen LogP contribution in [0.2, 0.25) is 0 Å². The average molecular weight is 368 g/mol. The molecule has 26 heavy (non-hydrogen) atoms. The van der Waals surface area contributed by atoms with Crippen molar-refractivity contribution in [1.29, 1.82) is 0 Å². The van der Waals surface area contributed by atoms with Crippen LogP contribution in [0.15, 0.2) is 59.4 Å². The molecule has 0 aliphatic heterocycles. The van der Waals surface area contributed by atoms with Crippen molar-refractivity contribution < 1.29 is 14.3 Å². The van der Waals surface area contributed by atoms with E-state index in [1.165, 1.54) is 11.3 Å². The van der Waals surface area contributed by atoms with Crippen LogP contribution in [0.5, 0.6) is 11.5 Å². The molecule has 0 radical (unpaired) electrons. The fourth-order valence-electron chi connectivity index (χ4n) is 2.31. The van der Waals surface area contributed by atoms with Gasteiger partial charge in [0.2, 0.25) is 0 Å². The molecule has 1 aromatic heterocycles. The highest BCUT2D eigenvalue weighted by molar-refractivity contribution is 7.07. The van der Waals surface area contributed by atoms with E-state index in [1.54, 1.807) is 29.8 Å². The van der Waals surface area contributed by atoms with Gasteiger partial charge in [-0.15, -0.1) is 11.3 Å². The number of thiazole rings is 1. The molecule has 0 unspecified atom stereocenters. The summed E-state index contributed by atoms with van der Waals surface area (Å²) in [5, 5.41) is 4.79. The maximum Gasteiger partial charge on any atom is 0.251 e. The summed E-state index contributed by atoms with van der Waals surface area (Å²) in [5.41, 5.74) is 4.39. The maximum absolute atomic E-state index is 12.1. The number of nitrogens with one attached hydrogen (secondary N) is 1. The minimum absolute atomic E-state index is 0.135. The van der Waals surface area contributed by atoms with Crippen LogP contribution in [-0.2, 0) is 6.61 Å². The molecular formula is C20H20N2O3S.